The van der Waals surface area contributed by atoms with Gasteiger partial charge in [0.2, 0.25) is 0 Å². The van der Waals surface area contributed by atoms with Gasteiger partial charge in [-0.25, -0.2) is 9.97 Å². The van der Waals surface area contributed by atoms with Gasteiger partial charge in [0, 0.05) is 12.6 Å². The summed E-state index contributed by atoms with van der Waals surface area (Å²) >= 11 is 0. The number of nitrogens with zero attached hydrogens (tertiary/aromatic N) is 3. The molecule has 0 aliphatic heterocycles. The van der Waals surface area contributed by atoms with E-state index in [4.69, 9.17) is 4.74 Å². The topological polar surface area (TPSA) is 75.6 Å². The smallest absolute Gasteiger partial charge is 0.253 e. The molecule has 0 saturated carbocycles. The summed E-state index contributed by atoms with van der Waals surface area (Å²) in [4.78, 5) is 23.3. The number of rotatable bonds is 5. The van der Waals surface area contributed by atoms with Crippen LogP contribution >= 0.6 is 0 Å². The van der Waals surface area contributed by atoms with E-state index in [0.29, 0.717) is 11.1 Å². The van der Waals surface area contributed by atoms with Gasteiger partial charge >= 0.3 is 0 Å². The molecular formula is C21H23N3O3. The molecular weight excluding hydrogens is 342 g/mol. The van der Waals surface area contributed by atoms with E-state index >= 15 is 0 Å². The second-order valence-corrected chi connectivity index (χ2v) is 6.57. The van der Waals surface area contributed by atoms with Crippen LogP contribution in [0, 0.1) is 13.8 Å². The lowest BCUT2D eigenvalue weighted by atomic mass is 10.1. The van der Waals surface area contributed by atoms with Gasteiger partial charge in [-0.1, -0.05) is 12.1 Å². The summed E-state index contributed by atoms with van der Waals surface area (Å²) in [7, 11) is 3.26. The molecule has 0 radical (unpaired) electrons. The number of fused-ring (bicyclic) bond motifs is 1. The van der Waals surface area contributed by atoms with Gasteiger partial charge in [0.25, 0.3) is 5.91 Å². The molecule has 0 saturated heterocycles. The summed E-state index contributed by atoms with van der Waals surface area (Å²) in [6, 6.07) is 12.4. The average Bonchev–Trinajstić information content (AvgIpc) is 2.68. The SMILES string of the molecule is COc1ccc(C(O)CN(C)C(=O)c2ccc3nc(C)c(C)nc3c2)cc1. The first-order valence-electron chi connectivity index (χ1n) is 8.71. The van der Waals surface area contributed by atoms with Crippen molar-refractivity contribution in [2.75, 3.05) is 20.7 Å². The van der Waals surface area contributed by atoms with Gasteiger partial charge in [-0.05, 0) is 49.7 Å². The number of aliphatic hydroxyl groups excluding tert-OH is 1. The number of hydrogen-bond donors (Lipinski definition) is 1. The van der Waals surface area contributed by atoms with Crippen LogP contribution in [0.4, 0.5) is 0 Å². The zero-order valence-corrected chi connectivity index (χ0v) is 15.9. The van der Waals surface area contributed by atoms with E-state index < -0.39 is 6.10 Å². The first-order valence-corrected chi connectivity index (χ1v) is 8.71. The van der Waals surface area contributed by atoms with E-state index in [1.807, 2.05) is 13.8 Å². The number of amides is 1. The van der Waals surface area contributed by atoms with Crippen molar-refractivity contribution in [3.63, 3.8) is 0 Å². The Morgan fingerprint density at radius 1 is 1.07 bits per heavy atom. The highest BCUT2D eigenvalue weighted by atomic mass is 16.5. The van der Waals surface area contributed by atoms with Crippen LogP contribution in [0.5, 0.6) is 5.75 Å². The Morgan fingerprint density at radius 2 is 1.70 bits per heavy atom. The fourth-order valence-corrected chi connectivity index (χ4v) is 2.86. The zero-order chi connectivity index (χ0) is 19.6. The Balaban J connectivity index is 1.76. The molecule has 1 aromatic heterocycles. The van der Waals surface area contributed by atoms with Crippen molar-refractivity contribution in [3.05, 3.63) is 65.0 Å². The van der Waals surface area contributed by atoms with E-state index in [1.54, 1.807) is 56.6 Å². The Bertz CT molecular complexity index is 970. The van der Waals surface area contributed by atoms with Crippen LogP contribution in [0.1, 0.15) is 33.4 Å². The zero-order valence-electron chi connectivity index (χ0n) is 15.9. The fourth-order valence-electron chi connectivity index (χ4n) is 2.86. The fraction of sp³-hybridized carbons (Fsp3) is 0.286. The predicted octanol–water partition coefficient (Wildman–Crippen LogP) is 3.06. The minimum atomic E-state index is -0.782. The van der Waals surface area contributed by atoms with Crippen molar-refractivity contribution in [2.45, 2.75) is 20.0 Å². The normalized spacial score (nSPS) is 12.0. The monoisotopic (exact) mass is 365 g/mol. The van der Waals surface area contributed by atoms with E-state index in [2.05, 4.69) is 9.97 Å². The number of benzene rings is 2. The third kappa shape index (κ3) is 4.06. The quantitative estimate of drug-likeness (QED) is 0.752. The Morgan fingerprint density at radius 3 is 2.33 bits per heavy atom. The molecule has 1 N–H and O–H groups in total. The molecule has 0 spiro atoms. The second-order valence-electron chi connectivity index (χ2n) is 6.57. The van der Waals surface area contributed by atoms with Crippen molar-refractivity contribution in [3.8, 4) is 5.75 Å². The molecule has 3 rings (SSSR count). The summed E-state index contributed by atoms with van der Waals surface area (Å²) in [6.07, 6.45) is -0.782. The van der Waals surface area contributed by atoms with Crippen LogP contribution in [-0.2, 0) is 0 Å². The molecule has 1 heterocycles. The highest BCUT2D eigenvalue weighted by Crippen LogP contribution is 2.20. The number of likely N-dealkylation sites (N-methyl/N-ethyl adjacent to an activating group) is 1. The number of ether oxygens (including phenoxy) is 1. The van der Waals surface area contributed by atoms with Gasteiger partial charge < -0.3 is 14.7 Å². The molecule has 0 aliphatic carbocycles. The molecule has 27 heavy (non-hydrogen) atoms. The van der Waals surface area contributed by atoms with Gasteiger partial charge in [-0.15, -0.1) is 0 Å². The first-order chi connectivity index (χ1) is 12.9. The minimum absolute atomic E-state index is 0.176. The number of aryl methyl sites for hydroxylation is 2. The van der Waals surface area contributed by atoms with Crippen molar-refractivity contribution in [1.29, 1.82) is 0 Å². The summed E-state index contributed by atoms with van der Waals surface area (Å²) in [6.45, 7) is 3.99. The molecule has 0 bridgehead atoms. The van der Waals surface area contributed by atoms with Crippen LogP contribution in [-0.4, -0.2) is 46.6 Å². The van der Waals surface area contributed by atoms with Gasteiger partial charge in [0.1, 0.15) is 5.75 Å². The predicted molar refractivity (Wildman–Crippen MR) is 104 cm³/mol. The number of hydrogen-bond acceptors (Lipinski definition) is 5. The molecule has 3 aromatic rings. The first kappa shape index (κ1) is 18.8. The van der Waals surface area contributed by atoms with Gasteiger partial charge in [0.05, 0.1) is 42.2 Å². The lowest BCUT2D eigenvalue weighted by Crippen LogP contribution is -2.31. The van der Waals surface area contributed by atoms with Gasteiger partial charge in [-0.2, -0.15) is 0 Å². The van der Waals surface area contributed by atoms with Crippen molar-refractivity contribution >= 4 is 16.9 Å². The Kier molecular flexibility index (Phi) is 5.37. The Hall–Kier alpha value is -2.99. The average molecular weight is 365 g/mol. The van der Waals surface area contributed by atoms with Crippen molar-refractivity contribution < 1.29 is 14.6 Å². The van der Waals surface area contributed by atoms with E-state index in [-0.39, 0.29) is 12.5 Å². The summed E-state index contributed by atoms with van der Waals surface area (Å²) in [5.74, 6) is 0.544. The molecule has 0 aliphatic rings. The molecule has 6 heteroatoms. The van der Waals surface area contributed by atoms with Crippen LogP contribution in [0.25, 0.3) is 11.0 Å². The maximum Gasteiger partial charge on any atom is 0.253 e. The van der Waals surface area contributed by atoms with Crippen LogP contribution in [0.3, 0.4) is 0 Å². The van der Waals surface area contributed by atoms with Crippen molar-refractivity contribution in [2.24, 2.45) is 0 Å². The van der Waals surface area contributed by atoms with Crippen LogP contribution in [0.15, 0.2) is 42.5 Å². The lowest BCUT2D eigenvalue weighted by molar-refractivity contribution is 0.0681. The standard InChI is InChI=1S/C21H23N3O3/c1-13-14(2)23-19-11-16(7-10-18(19)22-13)21(26)24(3)12-20(25)15-5-8-17(27-4)9-6-15/h5-11,20,25H,12H2,1-4H3. The molecule has 0 fully saturated rings. The highest BCUT2D eigenvalue weighted by molar-refractivity contribution is 5.97. The third-order valence-electron chi connectivity index (χ3n) is 4.62. The molecule has 1 amide bonds. The number of methoxy groups -OCH3 is 1. The molecule has 2 aromatic carbocycles. The Labute approximate surface area is 158 Å². The molecule has 6 nitrogen and oxygen atoms in total. The number of carbonyl (C=O) groups is 1. The third-order valence-corrected chi connectivity index (χ3v) is 4.62. The van der Waals surface area contributed by atoms with Crippen LogP contribution in [0.2, 0.25) is 0 Å². The van der Waals surface area contributed by atoms with E-state index in [9.17, 15) is 9.90 Å². The van der Waals surface area contributed by atoms with Gasteiger partial charge in [0.15, 0.2) is 0 Å². The number of aromatic nitrogens is 2. The summed E-state index contributed by atoms with van der Waals surface area (Å²) in [5, 5.41) is 10.4. The van der Waals surface area contributed by atoms with E-state index in [1.165, 1.54) is 4.90 Å². The van der Waals surface area contributed by atoms with Crippen molar-refractivity contribution in [1.82, 2.24) is 14.9 Å². The molecule has 140 valence electrons. The molecule has 1 unspecified atom stereocenters. The summed E-state index contributed by atoms with van der Waals surface area (Å²) in [5.41, 5.74) is 4.41. The number of aliphatic hydroxyl groups is 1. The van der Waals surface area contributed by atoms with Gasteiger partial charge in [-0.3, -0.25) is 4.79 Å². The second kappa shape index (κ2) is 7.72. The lowest BCUT2D eigenvalue weighted by Gasteiger charge is -2.21. The summed E-state index contributed by atoms with van der Waals surface area (Å²) < 4.78 is 5.12. The van der Waals surface area contributed by atoms with E-state index in [0.717, 1.165) is 28.2 Å². The minimum Gasteiger partial charge on any atom is -0.497 e. The largest absolute Gasteiger partial charge is 0.497 e. The highest BCUT2D eigenvalue weighted by Gasteiger charge is 2.17. The molecule has 1 atom stereocenters. The maximum atomic E-state index is 12.8. The van der Waals surface area contributed by atoms with Crippen LogP contribution < -0.4 is 4.74 Å². The maximum absolute atomic E-state index is 12.8. The number of carbonyl (C=O) groups excluding carboxylic acids is 1.